The Morgan fingerprint density at radius 1 is 1.16 bits per heavy atom. The van der Waals surface area contributed by atoms with Gasteiger partial charge >= 0.3 is 0 Å². The summed E-state index contributed by atoms with van der Waals surface area (Å²) in [5.74, 6) is 0.713. The van der Waals surface area contributed by atoms with Gasteiger partial charge in [-0.25, -0.2) is 0 Å². The fraction of sp³-hybridized carbons (Fsp3) is 0.947. The molecule has 1 saturated carbocycles. The molecule has 1 amide bonds. The summed E-state index contributed by atoms with van der Waals surface area (Å²) in [7, 11) is 0. The van der Waals surface area contributed by atoms with E-state index < -0.39 is 0 Å². The minimum atomic E-state index is 0.234. The number of hydrogen-bond acceptors (Lipinski definition) is 5. The Kier molecular flexibility index (Phi) is 6.72. The summed E-state index contributed by atoms with van der Waals surface area (Å²) in [4.78, 5) is 19.5. The van der Waals surface area contributed by atoms with E-state index in [-0.39, 0.29) is 6.04 Å². The van der Waals surface area contributed by atoms with Crippen molar-refractivity contribution in [3.05, 3.63) is 0 Å². The van der Waals surface area contributed by atoms with E-state index in [1.165, 1.54) is 6.42 Å². The van der Waals surface area contributed by atoms with Crippen LogP contribution in [0, 0.1) is 5.92 Å². The van der Waals surface area contributed by atoms with E-state index in [9.17, 15) is 4.79 Å². The zero-order valence-electron chi connectivity index (χ0n) is 16.0. The molecule has 0 radical (unpaired) electrons. The average molecular weight is 353 g/mol. The summed E-state index contributed by atoms with van der Waals surface area (Å²) in [5.41, 5.74) is 6.12. The molecule has 3 fully saturated rings. The van der Waals surface area contributed by atoms with Crippen molar-refractivity contribution in [3.8, 4) is 0 Å². The highest BCUT2D eigenvalue weighted by molar-refractivity contribution is 5.76. The molecule has 2 saturated heterocycles. The molecule has 3 rings (SSSR count). The number of morpholine rings is 1. The van der Waals surface area contributed by atoms with E-state index in [0.717, 1.165) is 65.3 Å². The van der Waals surface area contributed by atoms with Crippen molar-refractivity contribution in [2.75, 3.05) is 52.4 Å². The van der Waals surface area contributed by atoms with Gasteiger partial charge in [0, 0.05) is 64.3 Å². The lowest BCUT2D eigenvalue weighted by atomic mass is 9.99. The number of carbonyl (C=O) groups excluding carboxylic acids is 1. The third-order valence-corrected chi connectivity index (χ3v) is 6.24. The zero-order valence-corrected chi connectivity index (χ0v) is 16.0. The first-order chi connectivity index (χ1) is 12.0. The first-order valence-corrected chi connectivity index (χ1v) is 10.1. The van der Waals surface area contributed by atoms with Gasteiger partial charge < -0.3 is 15.4 Å². The minimum absolute atomic E-state index is 0.234. The molecule has 1 unspecified atom stereocenters. The highest BCUT2D eigenvalue weighted by Crippen LogP contribution is 2.27. The van der Waals surface area contributed by atoms with E-state index >= 15 is 0 Å². The minimum Gasteiger partial charge on any atom is -0.374 e. The zero-order chi connectivity index (χ0) is 17.8. The highest BCUT2D eigenvalue weighted by Gasteiger charge is 2.30. The van der Waals surface area contributed by atoms with Crippen LogP contribution in [-0.4, -0.2) is 91.2 Å². The molecule has 0 aromatic rings. The second-order valence-electron chi connectivity index (χ2n) is 8.32. The Balaban J connectivity index is 1.39. The third-order valence-electron chi connectivity index (χ3n) is 6.24. The molecule has 1 aliphatic carbocycles. The molecule has 2 N–H and O–H groups in total. The Labute approximate surface area is 152 Å². The summed E-state index contributed by atoms with van der Waals surface area (Å²) in [6.45, 7) is 12.0. The average Bonchev–Trinajstić information content (AvgIpc) is 3.00. The Hall–Kier alpha value is -0.690. The maximum Gasteiger partial charge on any atom is 0.222 e. The van der Waals surface area contributed by atoms with Crippen LogP contribution in [0.5, 0.6) is 0 Å². The summed E-state index contributed by atoms with van der Waals surface area (Å²) in [5, 5.41) is 0. The standard InChI is InChI=1S/C19H36N4O2/c1-15(2)23-10-11-25-17(14-23)13-21-6-8-22(9-7-21)19(24)12-16-4-3-5-18(16)20/h15-18H,3-14,20H2,1-2H3/t16-,17?,18+/m0/s1. The largest absolute Gasteiger partial charge is 0.374 e. The monoisotopic (exact) mass is 352 g/mol. The number of rotatable bonds is 5. The molecule has 0 spiro atoms. The SMILES string of the molecule is CC(C)N1CCOC(CN2CCN(C(=O)C[C@@H]3CCC[C@H]3N)CC2)C1. The first kappa shape index (κ1) is 19.1. The predicted octanol–water partition coefficient (Wildman–Crippen LogP) is 0.757. The van der Waals surface area contributed by atoms with Crippen LogP contribution in [0.1, 0.15) is 39.5 Å². The van der Waals surface area contributed by atoms with E-state index in [2.05, 4.69) is 23.6 Å². The summed E-state index contributed by atoms with van der Waals surface area (Å²) in [6, 6.07) is 0.820. The van der Waals surface area contributed by atoms with Gasteiger partial charge in [-0.2, -0.15) is 0 Å². The summed E-state index contributed by atoms with van der Waals surface area (Å²) < 4.78 is 5.96. The molecule has 3 aliphatic rings. The summed E-state index contributed by atoms with van der Waals surface area (Å²) >= 11 is 0. The molecule has 6 heteroatoms. The van der Waals surface area contributed by atoms with Gasteiger partial charge in [0.15, 0.2) is 0 Å². The van der Waals surface area contributed by atoms with Crippen molar-refractivity contribution >= 4 is 5.91 Å². The molecule has 3 atom stereocenters. The topological polar surface area (TPSA) is 62.0 Å². The number of hydrogen-bond donors (Lipinski definition) is 1. The van der Waals surface area contributed by atoms with E-state index in [4.69, 9.17) is 10.5 Å². The van der Waals surface area contributed by atoms with Gasteiger partial charge in [-0.1, -0.05) is 6.42 Å². The third kappa shape index (κ3) is 5.16. The fourth-order valence-electron chi connectivity index (χ4n) is 4.46. The second kappa shape index (κ2) is 8.80. The first-order valence-electron chi connectivity index (χ1n) is 10.1. The molecule has 0 aromatic carbocycles. The lowest BCUT2D eigenvalue weighted by Crippen LogP contribution is -2.54. The van der Waals surface area contributed by atoms with Crippen molar-refractivity contribution in [1.82, 2.24) is 14.7 Å². The predicted molar refractivity (Wildman–Crippen MR) is 99.4 cm³/mol. The van der Waals surface area contributed by atoms with Crippen LogP contribution in [-0.2, 0) is 9.53 Å². The van der Waals surface area contributed by atoms with E-state index in [0.29, 0.717) is 30.4 Å². The van der Waals surface area contributed by atoms with Crippen LogP contribution in [0.3, 0.4) is 0 Å². The van der Waals surface area contributed by atoms with Crippen LogP contribution in [0.25, 0.3) is 0 Å². The molecule has 6 nitrogen and oxygen atoms in total. The van der Waals surface area contributed by atoms with Crippen LogP contribution >= 0.6 is 0 Å². The summed E-state index contributed by atoms with van der Waals surface area (Å²) in [6.07, 6.45) is 4.34. The molecule has 0 bridgehead atoms. The molecular weight excluding hydrogens is 316 g/mol. The van der Waals surface area contributed by atoms with Gasteiger partial charge in [0.05, 0.1) is 12.7 Å². The van der Waals surface area contributed by atoms with Gasteiger partial charge in [-0.3, -0.25) is 14.6 Å². The Morgan fingerprint density at radius 2 is 1.92 bits per heavy atom. The lowest BCUT2D eigenvalue weighted by Gasteiger charge is -2.40. The number of nitrogens with zero attached hydrogens (tertiary/aromatic N) is 3. The normalized spacial score (nSPS) is 32.5. The van der Waals surface area contributed by atoms with Gasteiger partial charge in [-0.05, 0) is 32.6 Å². The molecular formula is C19H36N4O2. The molecule has 25 heavy (non-hydrogen) atoms. The van der Waals surface area contributed by atoms with Crippen LogP contribution in [0.15, 0.2) is 0 Å². The number of amides is 1. The van der Waals surface area contributed by atoms with Crippen molar-refractivity contribution in [2.24, 2.45) is 11.7 Å². The van der Waals surface area contributed by atoms with Gasteiger partial charge in [-0.15, -0.1) is 0 Å². The molecule has 2 aliphatic heterocycles. The molecule has 144 valence electrons. The van der Waals surface area contributed by atoms with Gasteiger partial charge in [0.25, 0.3) is 0 Å². The van der Waals surface area contributed by atoms with Crippen molar-refractivity contribution < 1.29 is 9.53 Å². The maximum atomic E-state index is 12.5. The highest BCUT2D eigenvalue weighted by atomic mass is 16.5. The van der Waals surface area contributed by atoms with E-state index in [1.54, 1.807) is 0 Å². The maximum absolute atomic E-state index is 12.5. The van der Waals surface area contributed by atoms with Crippen molar-refractivity contribution in [1.29, 1.82) is 0 Å². The second-order valence-corrected chi connectivity index (χ2v) is 8.32. The van der Waals surface area contributed by atoms with E-state index in [1.807, 2.05) is 4.90 Å². The van der Waals surface area contributed by atoms with Crippen LogP contribution in [0.4, 0.5) is 0 Å². The number of nitrogens with two attached hydrogens (primary N) is 1. The van der Waals surface area contributed by atoms with Crippen molar-refractivity contribution in [2.45, 2.75) is 57.7 Å². The lowest BCUT2D eigenvalue weighted by molar-refractivity contribution is -0.134. The molecule has 2 heterocycles. The van der Waals surface area contributed by atoms with Gasteiger partial charge in [0.1, 0.15) is 0 Å². The molecule has 0 aromatic heterocycles. The number of piperazine rings is 1. The smallest absolute Gasteiger partial charge is 0.222 e. The Morgan fingerprint density at radius 3 is 2.56 bits per heavy atom. The quantitative estimate of drug-likeness (QED) is 0.791. The number of carbonyl (C=O) groups is 1. The number of ether oxygens (including phenoxy) is 1. The fourth-order valence-corrected chi connectivity index (χ4v) is 4.46. The van der Waals surface area contributed by atoms with Crippen LogP contribution in [0.2, 0.25) is 0 Å². The van der Waals surface area contributed by atoms with Gasteiger partial charge in [0.2, 0.25) is 5.91 Å². The van der Waals surface area contributed by atoms with Crippen LogP contribution < -0.4 is 5.73 Å². The van der Waals surface area contributed by atoms with Crippen molar-refractivity contribution in [3.63, 3.8) is 0 Å². The Bertz CT molecular complexity index is 437.